The van der Waals surface area contributed by atoms with E-state index in [-0.39, 0.29) is 24.0 Å². The van der Waals surface area contributed by atoms with E-state index < -0.39 is 6.09 Å². The minimum Gasteiger partial charge on any atom is -0.442 e. The topological polar surface area (TPSA) is 71.5 Å². The number of nitrogens with zero attached hydrogens (tertiary/aromatic N) is 2. The first kappa shape index (κ1) is 17.9. The molecule has 0 saturated carbocycles. The van der Waals surface area contributed by atoms with Gasteiger partial charge in [-0.25, -0.2) is 4.79 Å². The van der Waals surface area contributed by atoms with Gasteiger partial charge in [0.1, 0.15) is 6.10 Å². The number of carbonyl (C=O) groups excluding carboxylic acids is 2. The number of rotatable bonds is 4. The minimum atomic E-state index is -0.392. The smallest absolute Gasteiger partial charge is 0.414 e. The van der Waals surface area contributed by atoms with Crippen molar-refractivity contribution in [2.75, 3.05) is 18.0 Å². The van der Waals surface area contributed by atoms with Gasteiger partial charge in [0.05, 0.1) is 13.1 Å². The SMILES string of the molecule is CC(C)(C)c1ccc(N2CC(CNC(=O)c3ccncc3)OC2=O)cc1. The molecule has 26 heavy (non-hydrogen) atoms. The summed E-state index contributed by atoms with van der Waals surface area (Å²) >= 11 is 0. The van der Waals surface area contributed by atoms with Gasteiger partial charge in [0.25, 0.3) is 5.91 Å². The molecule has 6 nitrogen and oxygen atoms in total. The van der Waals surface area contributed by atoms with E-state index in [0.29, 0.717) is 12.1 Å². The number of anilines is 1. The molecule has 0 radical (unpaired) electrons. The van der Waals surface area contributed by atoms with Crippen molar-refractivity contribution in [3.05, 3.63) is 59.9 Å². The van der Waals surface area contributed by atoms with Crippen LogP contribution in [0.5, 0.6) is 0 Å². The first-order valence-electron chi connectivity index (χ1n) is 8.61. The molecule has 0 aliphatic carbocycles. The molecule has 1 unspecified atom stereocenters. The number of hydrogen-bond acceptors (Lipinski definition) is 4. The fourth-order valence-electron chi connectivity index (χ4n) is 2.79. The molecule has 2 heterocycles. The van der Waals surface area contributed by atoms with Crippen molar-refractivity contribution < 1.29 is 14.3 Å². The zero-order valence-electron chi connectivity index (χ0n) is 15.2. The molecule has 3 rings (SSSR count). The number of aromatic nitrogens is 1. The van der Waals surface area contributed by atoms with Gasteiger partial charge in [0.2, 0.25) is 0 Å². The average molecular weight is 353 g/mol. The van der Waals surface area contributed by atoms with Gasteiger partial charge in [0, 0.05) is 23.6 Å². The number of hydrogen-bond donors (Lipinski definition) is 1. The molecule has 0 spiro atoms. The fraction of sp³-hybridized carbons (Fsp3) is 0.350. The van der Waals surface area contributed by atoms with Crippen LogP contribution in [0.25, 0.3) is 0 Å². The lowest BCUT2D eigenvalue weighted by atomic mass is 9.87. The summed E-state index contributed by atoms with van der Waals surface area (Å²) in [6.07, 6.45) is 2.35. The second-order valence-electron chi connectivity index (χ2n) is 7.36. The maximum absolute atomic E-state index is 12.2. The molecule has 1 aliphatic rings. The van der Waals surface area contributed by atoms with Crippen molar-refractivity contribution in [1.82, 2.24) is 10.3 Å². The Morgan fingerprint density at radius 3 is 2.46 bits per heavy atom. The summed E-state index contributed by atoms with van der Waals surface area (Å²) in [5, 5.41) is 2.79. The summed E-state index contributed by atoms with van der Waals surface area (Å²) in [6, 6.07) is 11.2. The molecule has 136 valence electrons. The van der Waals surface area contributed by atoms with Crippen molar-refractivity contribution >= 4 is 17.7 Å². The van der Waals surface area contributed by atoms with Crippen LogP contribution in [0.3, 0.4) is 0 Å². The highest BCUT2D eigenvalue weighted by atomic mass is 16.6. The van der Waals surface area contributed by atoms with Crippen LogP contribution in [0.4, 0.5) is 10.5 Å². The summed E-state index contributed by atoms with van der Waals surface area (Å²) in [5.41, 5.74) is 2.59. The van der Waals surface area contributed by atoms with Crippen LogP contribution in [0.1, 0.15) is 36.7 Å². The second-order valence-corrected chi connectivity index (χ2v) is 7.36. The highest BCUT2D eigenvalue weighted by Crippen LogP contribution is 2.27. The molecule has 6 heteroatoms. The van der Waals surface area contributed by atoms with Crippen molar-refractivity contribution in [2.24, 2.45) is 0 Å². The largest absolute Gasteiger partial charge is 0.442 e. The van der Waals surface area contributed by atoms with Crippen molar-refractivity contribution in [3.63, 3.8) is 0 Å². The third-order valence-corrected chi connectivity index (χ3v) is 4.35. The minimum absolute atomic E-state index is 0.0593. The van der Waals surface area contributed by atoms with Crippen LogP contribution in [0.15, 0.2) is 48.8 Å². The van der Waals surface area contributed by atoms with Gasteiger partial charge in [0.15, 0.2) is 0 Å². The molecule has 1 atom stereocenters. The van der Waals surface area contributed by atoms with Gasteiger partial charge < -0.3 is 10.1 Å². The molecule has 1 aromatic carbocycles. The normalized spacial score (nSPS) is 17.1. The fourth-order valence-corrected chi connectivity index (χ4v) is 2.79. The third-order valence-electron chi connectivity index (χ3n) is 4.35. The Hall–Kier alpha value is -2.89. The van der Waals surface area contributed by atoms with Crippen LogP contribution in [-0.2, 0) is 10.2 Å². The third kappa shape index (κ3) is 4.02. The van der Waals surface area contributed by atoms with Crippen LogP contribution in [-0.4, -0.2) is 36.2 Å². The number of cyclic esters (lactones) is 1. The summed E-state index contributed by atoms with van der Waals surface area (Å²) in [6.45, 7) is 7.11. The maximum Gasteiger partial charge on any atom is 0.414 e. The van der Waals surface area contributed by atoms with Crippen LogP contribution in [0, 0.1) is 0 Å². The number of carbonyl (C=O) groups is 2. The van der Waals surface area contributed by atoms with Crippen LogP contribution >= 0.6 is 0 Å². The number of amides is 2. The number of benzene rings is 1. The Bertz CT molecular complexity index is 782. The molecule has 1 fully saturated rings. The van der Waals surface area contributed by atoms with Gasteiger partial charge in [-0.05, 0) is 35.2 Å². The Morgan fingerprint density at radius 2 is 1.85 bits per heavy atom. The Balaban J connectivity index is 1.59. The van der Waals surface area contributed by atoms with E-state index in [1.165, 1.54) is 5.56 Å². The van der Waals surface area contributed by atoms with E-state index in [0.717, 1.165) is 5.69 Å². The van der Waals surface area contributed by atoms with E-state index >= 15 is 0 Å². The molecule has 1 aliphatic heterocycles. The van der Waals surface area contributed by atoms with Crippen LogP contribution < -0.4 is 10.2 Å². The van der Waals surface area contributed by atoms with E-state index in [1.807, 2.05) is 24.3 Å². The standard InChI is InChI=1S/C20H23N3O3/c1-20(2,3)15-4-6-16(7-5-15)23-13-17(26-19(23)25)12-22-18(24)14-8-10-21-11-9-14/h4-11,17H,12-13H2,1-3H3,(H,22,24). The van der Waals surface area contributed by atoms with E-state index in [1.54, 1.807) is 29.4 Å². The zero-order valence-corrected chi connectivity index (χ0v) is 15.2. The molecule has 2 amide bonds. The monoisotopic (exact) mass is 353 g/mol. The summed E-state index contributed by atoms with van der Waals surface area (Å²) < 4.78 is 5.37. The molecule has 1 aromatic heterocycles. The summed E-state index contributed by atoms with van der Waals surface area (Å²) in [7, 11) is 0. The van der Waals surface area contributed by atoms with Gasteiger partial charge in [-0.1, -0.05) is 32.9 Å². The molecule has 1 saturated heterocycles. The lowest BCUT2D eigenvalue weighted by Gasteiger charge is -2.20. The van der Waals surface area contributed by atoms with E-state index in [2.05, 4.69) is 31.1 Å². The predicted octanol–water partition coefficient (Wildman–Crippen LogP) is 3.13. The maximum atomic E-state index is 12.2. The lowest BCUT2D eigenvalue weighted by molar-refractivity contribution is 0.0916. The highest BCUT2D eigenvalue weighted by Gasteiger charge is 2.32. The predicted molar refractivity (Wildman–Crippen MR) is 99.3 cm³/mol. The molecule has 2 aromatic rings. The Morgan fingerprint density at radius 1 is 1.19 bits per heavy atom. The molecular formula is C20H23N3O3. The second kappa shape index (κ2) is 7.15. The van der Waals surface area contributed by atoms with Gasteiger partial charge >= 0.3 is 6.09 Å². The zero-order chi connectivity index (χ0) is 18.7. The summed E-state index contributed by atoms with van der Waals surface area (Å²) in [4.78, 5) is 29.7. The van der Waals surface area contributed by atoms with Crippen molar-refractivity contribution in [1.29, 1.82) is 0 Å². The van der Waals surface area contributed by atoms with E-state index in [4.69, 9.17) is 4.74 Å². The molecule has 1 N–H and O–H groups in total. The average Bonchev–Trinajstić information content (AvgIpc) is 3.00. The number of ether oxygens (including phenoxy) is 1. The number of nitrogens with one attached hydrogen (secondary N) is 1. The van der Waals surface area contributed by atoms with Gasteiger partial charge in [-0.15, -0.1) is 0 Å². The highest BCUT2D eigenvalue weighted by molar-refractivity contribution is 5.94. The Kier molecular flexibility index (Phi) is 4.93. The Labute approximate surface area is 153 Å². The summed E-state index contributed by atoms with van der Waals surface area (Å²) in [5.74, 6) is -0.212. The first-order chi connectivity index (χ1) is 12.3. The van der Waals surface area contributed by atoms with Gasteiger partial charge in [-0.3, -0.25) is 14.7 Å². The molecule has 0 bridgehead atoms. The lowest BCUT2D eigenvalue weighted by Crippen LogP contribution is -2.34. The molecular weight excluding hydrogens is 330 g/mol. The van der Waals surface area contributed by atoms with Crippen molar-refractivity contribution in [2.45, 2.75) is 32.3 Å². The van der Waals surface area contributed by atoms with Crippen LogP contribution in [0.2, 0.25) is 0 Å². The van der Waals surface area contributed by atoms with E-state index in [9.17, 15) is 9.59 Å². The first-order valence-corrected chi connectivity index (χ1v) is 8.61. The quantitative estimate of drug-likeness (QED) is 0.917. The number of pyridine rings is 1. The van der Waals surface area contributed by atoms with Gasteiger partial charge in [-0.2, -0.15) is 0 Å². The van der Waals surface area contributed by atoms with Crippen molar-refractivity contribution in [3.8, 4) is 0 Å².